The molecule has 0 N–H and O–H groups in total. The molecule has 160 valence electrons. The van der Waals surface area contributed by atoms with Crippen molar-refractivity contribution in [1.82, 2.24) is 0 Å². The van der Waals surface area contributed by atoms with E-state index in [0.717, 1.165) is 29.8 Å². The standard InChI is InChI=1S/C27H20I2O3/c1-31-22-12-10-20(11-13-22)26(30)14-9-18-15-24(28)27(25(29)16-18)32-17-21-7-4-6-19-5-2-3-8-23(19)21/h2-16H,17H2,1H3/b14-9+. The summed E-state index contributed by atoms with van der Waals surface area (Å²) in [5.41, 5.74) is 2.74. The zero-order chi connectivity index (χ0) is 22.5. The molecule has 0 amide bonds. The molecule has 0 aromatic heterocycles. The van der Waals surface area contributed by atoms with Crippen LogP contribution in [0.4, 0.5) is 0 Å². The van der Waals surface area contributed by atoms with Gasteiger partial charge in [0.05, 0.1) is 14.3 Å². The highest BCUT2D eigenvalue weighted by atomic mass is 127. The highest BCUT2D eigenvalue weighted by molar-refractivity contribution is 14.1. The SMILES string of the molecule is COc1ccc(C(=O)/C=C/c2cc(I)c(OCc3cccc4ccccc34)c(I)c2)cc1. The minimum atomic E-state index is -0.0473. The molecule has 0 saturated carbocycles. The van der Waals surface area contributed by atoms with E-state index in [2.05, 4.69) is 75.5 Å². The van der Waals surface area contributed by atoms with Crippen LogP contribution in [-0.4, -0.2) is 12.9 Å². The van der Waals surface area contributed by atoms with E-state index in [-0.39, 0.29) is 5.78 Å². The van der Waals surface area contributed by atoms with E-state index in [9.17, 15) is 4.79 Å². The molecule has 0 fully saturated rings. The number of methoxy groups -OCH3 is 1. The van der Waals surface area contributed by atoms with Gasteiger partial charge >= 0.3 is 0 Å². The fourth-order valence-corrected chi connectivity index (χ4v) is 5.53. The van der Waals surface area contributed by atoms with Crippen LogP contribution in [0, 0.1) is 7.14 Å². The Bertz CT molecular complexity index is 1270. The van der Waals surface area contributed by atoms with Crippen molar-refractivity contribution >= 4 is 67.8 Å². The summed E-state index contributed by atoms with van der Waals surface area (Å²) in [6.07, 6.45) is 3.44. The lowest BCUT2D eigenvalue weighted by Gasteiger charge is -2.13. The Kier molecular flexibility index (Phi) is 7.47. The van der Waals surface area contributed by atoms with Gasteiger partial charge in [0.15, 0.2) is 5.78 Å². The molecule has 0 aliphatic rings. The number of ketones is 1. The van der Waals surface area contributed by atoms with Gasteiger partial charge in [-0.15, -0.1) is 0 Å². The number of fused-ring (bicyclic) bond motifs is 1. The first kappa shape index (κ1) is 22.8. The molecule has 4 rings (SSSR count). The third kappa shape index (κ3) is 5.32. The van der Waals surface area contributed by atoms with E-state index in [4.69, 9.17) is 9.47 Å². The van der Waals surface area contributed by atoms with Crippen LogP contribution in [0.25, 0.3) is 16.8 Å². The van der Waals surface area contributed by atoms with Crippen LogP contribution < -0.4 is 9.47 Å². The van der Waals surface area contributed by atoms with E-state index in [1.807, 2.05) is 30.3 Å². The number of halogens is 2. The largest absolute Gasteiger partial charge is 0.497 e. The van der Waals surface area contributed by atoms with Crippen molar-refractivity contribution < 1.29 is 14.3 Å². The third-order valence-corrected chi connectivity index (χ3v) is 6.68. The van der Waals surface area contributed by atoms with Gasteiger partial charge in [-0.25, -0.2) is 0 Å². The number of rotatable bonds is 7. The predicted molar refractivity (Wildman–Crippen MR) is 147 cm³/mol. The molecule has 0 radical (unpaired) electrons. The normalized spacial score (nSPS) is 11.1. The van der Waals surface area contributed by atoms with Gasteiger partial charge in [0.2, 0.25) is 0 Å². The van der Waals surface area contributed by atoms with Crippen LogP contribution in [0.5, 0.6) is 11.5 Å². The molecule has 4 aromatic carbocycles. The lowest BCUT2D eigenvalue weighted by atomic mass is 10.1. The quantitative estimate of drug-likeness (QED) is 0.118. The Morgan fingerprint density at radius 3 is 2.31 bits per heavy atom. The molecule has 3 nitrogen and oxygen atoms in total. The smallest absolute Gasteiger partial charge is 0.185 e. The van der Waals surface area contributed by atoms with Gasteiger partial charge in [-0.2, -0.15) is 0 Å². The Balaban J connectivity index is 1.49. The summed E-state index contributed by atoms with van der Waals surface area (Å²) in [7, 11) is 1.61. The van der Waals surface area contributed by atoms with Gasteiger partial charge in [0.25, 0.3) is 0 Å². The molecule has 0 aliphatic heterocycles. The number of hydrogen-bond acceptors (Lipinski definition) is 3. The molecule has 0 unspecified atom stereocenters. The minimum Gasteiger partial charge on any atom is -0.497 e. The van der Waals surface area contributed by atoms with Crippen LogP contribution in [0.2, 0.25) is 0 Å². The zero-order valence-electron chi connectivity index (χ0n) is 17.3. The molecular weight excluding hydrogens is 626 g/mol. The van der Waals surface area contributed by atoms with Crippen molar-refractivity contribution in [3.05, 3.63) is 109 Å². The molecule has 0 bridgehead atoms. The van der Waals surface area contributed by atoms with Gasteiger partial charge in [-0.05, 0) is 110 Å². The van der Waals surface area contributed by atoms with Crippen LogP contribution >= 0.6 is 45.2 Å². The first-order chi connectivity index (χ1) is 15.5. The van der Waals surface area contributed by atoms with Gasteiger partial charge < -0.3 is 9.47 Å². The summed E-state index contributed by atoms with van der Waals surface area (Å²) < 4.78 is 13.4. The average Bonchev–Trinajstić information content (AvgIpc) is 2.82. The zero-order valence-corrected chi connectivity index (χ0v) is 21.7. The van der Waals surface area contributed by atoms with Crippen molar-refractivity contribution in [2.75, 3.05) is 7.11 Å². The summed E-state index contributed by atoms with van der Waals surface area (Å²) in [5, 5.41) is 2.41. The van der Waals surface area contributed by atoms with Crippen molar-refractivity contribution in [1.29, 1.82) is 0 Å². The highest BCUT2D eigenvalue weighted by Gasteiger charge is 2.10. The number of carbonyl (C=O) groups is 1. The van der Waals surface area contributed by atoms with E-state index in [1.165, 1.54) is 10.8 Å². The summed E-state index contributed by atoms with van der Waals surface area (Å²) in [4.78, 5) is 12.5. The molecule has 0 spiro atoms. The maximum Gasteiger partial charge on any atom is 0.185 e. The van der Waals surface area contributed by atoms with Crippen LogP contribution in [0.1, 0.15) is 21.5 Å². The van der Waals surface area contributed by atoms with Crippen molar-refractivity contribution in [3.8, 4) is 11.5 Å². The molecule has 32 heavy (non-hydrogen) atoms. The minimum absolute atomic E-state index is 0.0473. The lowest BCUT2D eigenvalue weighted by molar-refractivity contribution is 0.104. The predicted octanol–water partition coefficient (Wildman–Crippen LogP) is 7.53. The monoisotopic (exact) mass is 646 g/mol. The molecule has 0 heterocycles. The van der Waals surface area contributed by atoms with E-state index in [1.54, 1.807) is 37.5 Å². The second kappa shape index (κ2) is 10.5. The molecular formula is C27H20I2O3. The van der Waals surface area contributed by atoms with Gasteiger partial charge in [-0.1, -0.05) is 48.5 Å². The molecule has 0 atom stereocenters. The van der Waals surface area contributed by atoms with E-state index in [0.29, 0.717) is 12.2 Å². The number of benzene rings is 4. The molecule has 5 heteroatoms. The second-order valence-corrected chi connectivity index (χ2v) is 9.49. The Hall–Kier alpha value is -2.39. The van der Waals surface area contributed by atoms with Crippen molar-refractivity contribution in [2.45, 2.75) is 6.61 Å². The average molecular weight is 646 g/mol. The fraction of sp³-hybridized carbons (Fsp3) is 0.0741. The first-order valence-corrected chi connectivity index (χ1v) is 12.2. The summed E-state index contributed by atoms with van der Waals surface area (Å²) >= 11 is 4.57. The fourth-order valence-electron chi connectivity index (χ4n) is 3.41. The summed E-state index contributed by atoms with van der Waals surface area (Å²) in [6, 6.07) is 25.8. The lowest BCUT2D eigenvalue weighted by Crippen LogP contribution is -2.00. The van der Waals surface area contributed by atoms with Crippen LogP contribution in [0.15, 0.2) is 84.9 Å². The van der Waals surface area contributed by atoms with Crippen LogP contribution in [-0.2, 0) is 6.61 Å². The number of hydrogen-bond donors (Lipinski definition) is 0. The molecule has 4 aromatic rings. The van der Waals surface area contributed by atoms with Gasteiger partial charge in [0, 0.05) is 5.56 Å². The third-order valence-electron chi connectivity index (χ3n) is 5.07. The second-order valence-electron chi connectivity index (χ2n) is 7.17. The highest BCUT2D eigenvalue weighted by Crippen LogP contribution is 2.31. The summed E-state index contributed by atoms with van der Waals surface area (Å²) in [5.74, 6) is 1.54. The van der Waals surface area contributed by atoms with Crippen LogP contribution in [0.3, 0.4) is 0 Å². The van der Waals surface area contributed by atoms with Crippen molar-refractivity contribution in [3.63, 3.8) is 0 Å². The van der Waals surface area contributed by atoms with Crippen molar-refractivity contribution in [2.24, 2.45) is 0 Å². The number of allylic oxidation sites excluding steroid dienone is 1. The Morgan fingerprint density at radius 2 is 1.59 bits per heavy atom. The maximum absolute atomic E-state index is 12.5. The topological polar surface area (TPSA) is 35.5 Å². The van der Waals surface area contributed by atoms with E-state index >= 15 is 0 Å². The van der Waals surface area contributed by atoms with Gasteiger partial charge in [-0.3, -0.25) is 4.79 Å². The van der Waals surface area contributed by atoms with E-state index < -0.39 is 0 Å². The maximum atomic E-state index is 12.5. The Morgan fingerprint density at radius 1 is 0.906 bits per heavy atom. The Labute approximate surface area is 214 Å². The first-order valence-electron chi connectivity index (χ1n) is 10.00. The number of ether oxygens (including phenoxy) is 2. The molecule has 0 saturated heterocycles. The summed E-state index contributed by atoms with van der Waals surface area (Å²) in [6.45, 7) is 0.499. The number of carbonyl (C=O) groups excluding carboxylic acids is 1. The van der Waals surface area contributed by atoms with Gasteiger partial charge in [0.1, 0.15) is 18.1 Å². The molecule has 0 aliphatic carbocycles.